The van der Waals surface area contributed by atoms with Gasteiger partial charge in [0.05, 0.1) is 6.04 Å². The SMILES string of the molecule is CCCNC(CN1CC(C)CC(C)C1)C(N)=O. The van der Waals surface area contributed by atoms with Crippen molar-refractivity contribution in [1.82, 2.24) is 10.2 Å². The molecule has 17 heavy (non-hydrogen) atoms. The highest BCUT2D eigenvalue weighted by molar-refractivity contribution is 5.80. The molecule has 3 unspecified atom stereocenters. The number of nitrogens with two attached hydrogens (primary N) is 1. The molecule has 3 atom stereocenters. The minimum absolute atomic E-state index is 0.201. The van der Waals surface area contributed by atoms with E-state index >= 15 is 0 Å². The van der Waals surface area contributed by atoms with Gasteiger partial charge in [0.1, 0.15) is 0 Å². The number of primary amides is 1. The average Bonchev–Trinajstić information content (AvgIpc) is 2.22. The number of amides is 1. The van der Waals surface area contributed by atoms with Crippen LogP contribution < -0.4 is 11.1 Å². The van der Waals surface area contributed by atoms with Crippen LogP contribution in [0.3, 0.4) is 0 Å². The summed E-state index contributed by atoms with van der Waals surface area (Å²) in [4.78, 5) is 13.7. The van der Waals surface area contributed by atoms with E-state index in [1.54, 1.807) is 0 Å². The zero-order chi connectivity index (χ0) is 12.8. The molecule has 0 spiro atoms. The Kier molecular flexibility index (Phi) is 5.92. The van der Waals surface area contributed by atoms with E-state index in [0.717, 1.165) is 44.4 Å². The molecule has 1 fully saturated rings. The molecular weight excluding hydrogens is 214 g/mol. The van der Waals surface area contributed by atoms with Gasteiger partial charge in [-0.05, 0) is 31.2 Å². The monoisotopic (exact) mass is 241 g/mol. The van der Waals surface area contributed by atoms with Gasteiger partial charge in [-0.1, -0.05) is 20.8 Å². The first-order chi connectivity index (χ1) is 8.02. The van der Waals surface area contributed by atoms with E-state index in [-0.39, 0.29) is 11.9 Å². The molecule has 0 aromatic rings. The molecular formula is C13H27N3O. The van der Waals surface area contributed by atoms with E-state index in [2.05, 4.69) is 31.0 Å². The van der Waals surface area contributed by atoms with Gasteiger partial charge in [-0.25, -0.2) is 0 Å². The predicted molar refractivity (Wildman–Crippen MR) is 70.7 cm³/mol. The van der Waals surface area contributed by atoms with Gasteiger partial charge in [-0.2, -0.15) is 0 Å². The number of nitrogens with zero attached hydrogens (tertiary/aromatic N) is 1. The van der Waals surface area contributed by atoms with Crippen molar-refractivity contribution in [2.75, 3.05) is 26.2 Å². The van der Waals surface area contributed by atoms with E-state index < -0.39 is 0 Å². The summed E-state index contributed by atoms with van der Waals surface area (Å²) in [7, 11) is 0. The summed E-state index contributed by atoms with van der Waals surface area (Å²) >= 11 is 0. The van der Waals surface area contributed by atoms with E-state index in [1.165, 1.54) is 6.42 Å². The number of rotatable bonds is 6. The molecule has 0 bridgehead atoms. The number of likely N-dealkylation sites (tertiary alicyclic amines) is 1. The standard InChI is InChI=1S/C13H27N3O/c1-4-5-15-12(13(14)17)9-16-7-10(2)6-11(3)8-16/h10-12,15H,4-9H2,1-3H3,(H2,14,17). The van der Waals surface area contributed by atoms with Crippen LogP contribution >= 0.6 is 0 Å². The second-order valence-corrected chi connectivity index (χ2v) is 5.57. The zero-order valence-corrected chi connectivity index (χ0v) is 11.4. The smallest absolute Gasteiger partial charge is 0.235 e. The molecule has 1 heterocycles. The van der Waals surface area contributed by atoms with Gasteiger partial charge < -0.3 is 16.0 Å². The summed E-state index contributed by atoms with van der Waals surface area (Å²) in [5.41, 5.74) is 5.44. The Balaban J connectivity index is 2.45. The molecule has 4 heteroatoms. The lowest BCUT2D eigenvalue weighted by Crippen LogP contribution is -2.52. The van der Waals surface area contributed by atoms with Crippen LogP contribution in [-0.4, -0.2) is 43.0 Å². The molecule has 1 saturated heterocycles. The Bertz CT molecular complexity index is 235. The highest BCUT2D eigenvalue weighted by Crippen LogP contribution is 2.20. The first kappa shape index (κ1) is 14.5. The fourth-order valence-corrected chi connectivity index (χ4v) is 2.77. The average molecular weight is 241 g/mol. The number of hydrogen-bond acceptors (Lipinski definition) is 3. The van der Waals surface area contributed by atoms with Crippen molar-refractivity contribution < 1.29 is 4.79 Å². The first-order valence-corrected chi connectivity index (χ1v) is 6.78. The number of carbonyl (C=O) groups is 1. The molecule has 0 saturated carbocycles. The molecule has 100 valence electrons. The molecule has 1 amide bonds. The molecule has 1 aliphatic heterocycles. The topological polar surface area (TPSA) is 58.4 Å². The number of nitrogens with one attached hydrogen (secondary N) is 1. The molecule has 0 aliphatic carbocycles. The maximum absolute atomic E-state index is 11.4. The Morgan fingerprint density at radius 2 is 2.00 bits per heavy atom. The van der Waals surface area contributed by atoms with Gasteiger partial charge in [-0.3, -0.25) is 4.79 Å². The third-order valence-corrected chi connectivity index (χ3v) is 3.37. The van der Waals surface area contributed by atoms with E-state index in [9.17, 15) is 4.79 Å². The van der Waals surface area contributed by atoms with Crippen LogP contribution in [0.15, 0.2) is 0 Å². The van der Waals surface area contributed by atoms with Crippen LogP contribution in [0, 0.1) is 11.8 Å². The summed E-state index contributed by atoms with van der Waals surface area (Å²) in [6.07, 6.45) is 2.32. The summed E-state index contributed by atoms with van der Waals surface area (Å²) < 4.78 is 0. The van der Waals surface area contributed by atoms with Gasteiger partial charge in [0.15, 0.2) is 0 Å². The van der Waals surface area contributed by atoms with Gasteiger partial charge in [0, 0.05) is 19.6 Å². The van der Waals surface area contributed by atoms with Crippen molar-refractivity contribution in [2.45, 2.75) is 39.7 Å². The third kappa shape index (κ3) is 5.04. The number of hydrogen-bond donors (Lipinski definition) is 2. The lowest BCUT2D eigenvalue weighted by atomic mass is 9.91. The highest BCUT2D eigenvalue weighted by Gasteiger charge is 2.25. The maximum Gasteiger partial charge on any atom is 0.235 e. The van der Waals surface area contributed by atoms with Crippen molar-refractivity contribution in [3.63, 3.8) is 0 Å². The molecule has 4 nitrogen and oxygen atoms in total. The van der Waals surface area contributed by atoms with Gasteiger partial charge >= 0.3 is 0 Å². The molecule has 0 radical (unpaired) electrons. The van der Waals surface area contributed by atoms with Crippen LogP contribution in [0.25, 0.3) is 0 Å². The van der Waals surface area contributed by atoms with E-state index in [4.69, 9.17) is 5.73 Å². The van der Waals surface area contributed by atoms with E-state index in [0.29, 0.717) is 0 Å². The van der Waals surface area contributed by atoms with Crippen molar-refractivity contribution in [3.8, 4) is 0 Å². The summed E-state index contributed by atoms with van der Waals surface area (Å²) in [5.74, 6) is 1.21. The van der Waals surface area contributed by atoms with E-state index in [1.807, 2.05) is 0 Å². The van der Waals surface area contributed by atoms with Crippen LogP contribution in [0.5, 0.6) is 0 Å². The third-order valence-electron chi connectivity index (χ3n) is 3.37. The summed E-state index contributed by atoms with van der Waals surface area (Å²) in [6.45, 7) is 10.4. The largest absolute Gasteiger partial charge is 0.368 e. The molecule has 0 aromatic heterocycles. The quantitative estimate of drug-likeness (QED) is 0.724. The second-order valence-electron chi connectivity index (χ2n) is 5.57. The number of piperidine rings is 1. The lowest BCUT2D eigenvalue weighted by molar-refractivity contribution is -0.120. The minimum atomic E-state index is -0.232. The van der Waals surface area contributed by atoms with Crippen molar-refractivity contribution in [2.24, 2.45) is 17.6 Å². The van der Waals surface area contributed by atoms with Gasteiger partial charge in [-0.15, -0.1) is 0 Å². The van der Waals surface area contributed by atoms with Crippen molar-refractivity contribution in [3.05, 3.63) is 0 Å². The van der Waals surface area contributed by atoms with Crippen LogP contribution in [0.4, 0.5) is 0 Å². The van der Waals surface area contributed by atoms with Gasteiger partial charge in [0.2, 0.25) is 5.91 Å². The van der Waals surface area contributed by atoms with Crippen LogP contribution in [0.2, 0.25) is 0 Å². The van der Waals surface area contributed by atoms with Gasteiger partial charge in [0.25, 0.3) is 0 Å². The lowest BCUT2D eigenvalue weighted by Gasteiger charge is -2.36. The Hall–Kier alpha value is -0.610. The summed E-state index contributed by atoms with van der Waals surface area (Å²) in [5, 5.41) is 3.23. The predicted octanol–water partition coefficient (Wildman–Crippen LogP) is 0.818. The van der Waals surface area contributed by atoms with Crippen LogP contribution in [0.1, 0.15) is 33.6 Å². The maximum atomic E-state index is 11.4. The van der Waals surface area contributed by atoms with Crippen molar-refractivity contribution in [1.29, 1.82) is 0 Å². The Morgan fingerprint density at radius 1 is 1.41 bits per heavy atom. The van der Waals surface area contributed by atoms with Crippen molar-refractivity contribution >= 4 is 5.91 Å². The Labute approximate surface area is 105 Å². The van der Waals surface area contributed by atoms with Crippen LogP contribution in [-0.2, 0) is 4.79 Å². The zero-order valence-electron chi connectivity index (χ0n) is 11.4. The Morgan fingerprint density at radius 3 is 2.47 bits per heavy atom. The fourth-order valence-electron chi connectivity index (χ4n) is 2.77. The fraction of sp³-hybridized carbons (Fsp3) is 0.923. The summed E-state index contributed by atoms with van der Waals surface area (Å²) in [6, 6.07) is -0.201. The molecule has 0 aromatic carbocycles. The minimum Gasteiger partial charge on any atom is -0.368 e. The first-order valence-electron chi connectivity index (χ1n) is 6.78. The second kappa shape index (κ2) is 6.97. The number of carbonyl (C=O) groups excluding carboxylic acids is 1. The normalized spacial score (nSPS) is 27.9. The molecule has 1 aliphatic rings. The highest BCUT2D eigenvalue weighted by atomic mass is 16.1. The molecule has 3 N–H and O–H groups in total. The molecule has 1 rings (SSSR count).